The van der Waals surface area contributed by atoms with Gasteiger partial charge in [-0.25, -0.2) is 12.8 Å². The standard InChI is InChI=1S/C12H13BrFN3O3S/c1-21(18,19)5-4-10(15)12-16-11(17-20-12)8-6-7(14)2-3-9(8)13/h2-3,6,10H,4-5,15H2,1H3. The Morgan fingerprint density at radius 1 is 1.48 bits per heavy atom. The first-order valence-electron chi connectivity index (χ1n) is 5.98. The molecule has 0 bridgehead atoms. The van der Waals surface area contributed by atoms with Crippen LogP contribution in [0.3, 0.4) is 0 Å². The second-order valence-electron chi connectivity index (χ2n) is 4.61. The van der Waals surface area contributed by atoms with E-state index < -0.39 is 21.7 Å². The van der Waals surface area contributed by atoms with Gasteiger partial charge in [0.15, 0.2) is 0 Å². The molecule has 6 nitrogen and oxygen atoms in total. The van der Waals surface area contributed by atoms with Gasteiger partial charge in [0.2, 0.25) is 11.7 Å². The molecule has 2 aromatic rings. The van der Waals surface area contributed by atoms with Crippen LogP contribution in [0.2, 0.25) is 0 Å². The van der Waals surface area contributed by atoms with Crippen LogP contribution < -0.4 is 5.73 Å². The Morgan fingerprint density at radius 3 is 2.86 bits per heavy atom. The summed E-state index contributed by atoms with van der Waals surface area (Å²) in [6.07, 6.45) is 1.30. The van der Waals surface area contributed by atoms with Crippen LogP contribution in [-0.2, 0) is 9.84 Å². The summed E-state index contributed by atoms with van der Waals surface area (Å²) < 4.78 is 41.1. The minimum atomic E-state index is -3.11. The minimum absolute atomic E-state index is 0.0739. The van der Waals surface area contributed by atoms with Crippen LogP contribution in [0.5, 0.6) is 0 Å². The van der Waals surface area contributed by atoms with Gasteiger partial charge in [-0.1, -0.05) is 21.1 Å². The molecule has 0 fully saturated rings. The zero-order chi connectivity index (χ0) is 15.6. The predicted octanol–water partition coefficient (Wildman–Crippen LogP) is 2.07. The van der Waals surface area contributed by atoms with Crippen LogP contribution in [0.25, 0.3) is 11.4 Å². The van der Waals surface area contributed by atoms with Gasteiger partial charge < -0.3 is 10.3 Å². The Bertz CT molecular complexity index is 748. The fourth-order valence-electron chi connectivity index (χ4n) is 1.63. The maximum Gasteiger partial charge on any atom is 0.243 e. The molecule has 9 heteroatoms. The molecule has 114 valence electrons. The van der Waals surface area contributed by atoms with Crippen LogP contribution in [0, 0.1) is 5.82 Å². The Kier molecular flexibility index (Phi) is 4.74. The molecule has 0 saturated heterocycles. The van der Waals surface area contributed by atoms with Crippen molar-refractivity contribution in [2.75, 3.05) is 12.0 Å². The summed E-state index contributed by atoms with van der Waals surface area (Å²) in [5.41, 5.74) is 6.25. The number of hydrogen-bond donors (Lipinski definition) is 1. The maximum absolute atomic E-state index is 13.3. The lowest BCUT2D eigenvalue weighted by Gasteiger charge is -2.04. The van der Waals surface area contributed by atoms with Crippen molar-refractivity contribution in [1.82, 2.24) is 10.1 Å². The molecular formula is C12H13BrFN3O3S. The average molecular weight is 378 g/mol. The predicted molar refractivity (Wildman–Crippen MR) is 78.6 cm³/mol. The van der Waals surface area contributed by atoms with Crippen LogP contribution in [0.1, 0.15) is 18.4 Å². The highest BCUT2D eigenvalue weighted by Gasteiger charge is 2.19. The van der Waals surface area contributed by atoms with E-state index in [0.717, 1.165) is 6.26 Å². The topological polar surface area (TPSA) is 99.1 Å². The van der Waals surface area contributed by atoms with E-state index in [1.807, 2.05) is 0 Å². The zero-order valence-electron chi connectivity index (χ0n) is 11.1. The number of halogens is 2. The van der Waals surface area contributed by atoms with Crippen molar-refractivity contribution in [3.63, 3.8) is 0 Å². The lowest BCUT2D eigenvalue weighted by Crippen LogP contribution is -2.16. The third-order valence-electron chi connectivity index (χ3n) is 2.73. The quantitative estimate of drug-likeness (QED) is 0.855. The molecule has 21 heavy (non-hydrogen) atoms. The zero-order valence-corrected chi connectivity index (χ0v) is 13.5. The van der Waals surface area contributed by atoms with Gasteiger partial charge in [0.1, 0.15) is 15.7 Å². The van der Waals surface area contributed by atoms with E-state index in [1.54, 1.807) is 0 Å². The minimum Gasteiger partial charge on any atom is -0.337 e. The summed E-state index contributed by atoms with van der Waals surface area (Å²) in [5.74, 6) is -0.202. The molecule has 1 atom stereocenters. The van der Waals surface area contributed by atoms with Crippen LogP contribution >= 0.6 is 15.9 Å². The molecule has 0 aliphatic rings. The summed E-state index contributed by atoms with van der Waals surface area (Å²) in [5, 5.41) is 3.74. The SMILES string of the molecule is CS(=O)(=O)CCC(N)c1nc(-c2cc(F)ccc2Br)no1. The van der Waals surface area contributed by atoms with Crippen molar-refractivity contribution in [2.24, 2.45) is 5.73 Å². The van der Waals surface area contributed by atoms with Crippen LogP contribution in [0.15, 0.2) is 27.2 Å². The highest BCUT2D eigenvalue weighted by Crippen LogP contribution is 2.27. The van der Waals surface area contributed by atoms with E-state index in [9.17, 15) is 12.8 Å². The molecule has 1 heterocycles. The Morgan fingerprint density at radius 2 is 2.19 bits per heavy atom. The molecule has 2 rings (SSSR count). The average Bonchev–Trinajstić information content (AvgIpc) is 2.87. The molecule has 1 aromatic heterocycles. The lowest BCUT2D eigenvalue weighted by molar-refractivity contribution is 0.352. The number of rotatable bonds is 5. The van der Waals surface area contributed by atoms with Gasteiger partial charge in [-0.2, -0.15) is 4.98 Å². The smallest absolute Gasteiger partial charge is 0.243 e. The van der Waals surface area contributed by atoms with Gasteiger partial charge in [-0.15, -0.1) is 0 Å². The fourth-order valence-corrected chi connectivity index (χ4v) is 2.73. The third kappa shape index (κ3) is 4.32. The highest BCUT2D eigenvalue weighted by atomic mass is 79.9. The highest BCUT2D eigenvalue weighted by molar-refractivity contribution is 9.10. The summed E-state index contributed by atoms with van der Waals surface area (Å²) in [7, 11) is -3.11. The Hall–Kier alpha value is -1.32. The first-order valence-corrected chi connectivity index (χ1v) is 8.84. The molecule has 0 aliphatic carbocycles. The fraction of sp³-hybridized carbons (Fsp3) is 0.333. The molecule has 0 amide bonds. The van der Waals surface area contributed by atoms with Crippen molar-refractivity contribution in [2.45, 2.75) is 12.5 Å². The van der Waals surface area contributed by atoms with Gasteiger partial charge in [0.25, 0.3) is 0 Å². The summed E-state index contributed by atoms with van der Waals surface area (Å²) >= 11 is 3.27. The number of hydrogen-bond acceptors (Lipinski definition) is 6. The van der Waals surface area contributed by atoms with Gasteiger partial charge >= 0.3 is 0 Å². The second-order valence-corrected chi connectivity index (χ2v) is 7.72. The van der Waals surface area contributed by atoms with E-state index in [0.29, 0.717) is 10.0 Å². The molecule has 1 unspecified atom stereocenters. The number of aromatic nitrogens is 2. The van der Waals surface area contributed by atoms with E-state index >= 15 is 0 Å². The van der Waals surface area contributed by atoms with Crippen LogP contribution in [0.4, 0.5) is 4.39 Å². The Balaban J connectivity index is 2.19. The van der Waals surface area contributed by atoms with E-state index in [1.165, 1.54) is 18.2 Å². The molecule has 0 aliphatic heterocycles. The molecule has 1 aromatic carbocycles. The van der Waals surface area contributed by atoms with Gasteiger partial charge in [-0.3, -0.25) is 0 Å². The summed E-state index contributed by atoms with van der Waals surface area (Å²) in [6.45, 7) is 0. The lowest BCUT2D eigenvalue weighted by atomic mass is 10.2. The van der Waals surface area contributed by atoms with E-state index in [4.69, 9.17) is 10.3 Å². The largest absolute Gasteiger partial charge is 0.337 e. The van der Waals surface area contributed by atoms with Crippen molar-refractivity contribution in [3.05, 3.63) is 34.4 Å². The monoisotopic (exact) mass is 377 g/mol. The summed E-state index contributed by atoms with van der Waals surface area (Å²) in [4.78, 5) is 4.09. The molecular weight excluding hydrogens is 365 g/mol. The van der Waals surface area contributed by atoms with Crippen LogP contribution in [-0.4, -0.2) is 30.6 Å². The normalized spacial score (nSPS) is 13.3. The van der Waals surface area contributed by atoms with Crippen molar-refractivity contribution in [3.8, 4) is 11.4 Å². The third-order valence-corrected chi connectivity index (χ3v) is 4.40. The van der Waals surface area contributed by atoms with Gasteiger partial charge in [-0.05, 0) is 24.6 Å². The number of benzene rings is 1. The van der Waals surface area contributed by atoms with Crippen molar-refractivity contribution in [1.29, 1.82) is 0 Å². The van der Waals surface area contributed by atoms with E-state index in [-0.39, 0.29) is 23.9 Å². The molecule has 0 spiro atoms. The number of nitrogens with two attached hydrogens (primary N) is 1. The van der Waals surface area contributed by atoms with Gasteiger partial charge in [0.05, 0.1) is 11.8 Å². The maximum atomic E-state index is 13.3. The first kappa shape index (κ1) is 16.1. The Labute approximate surface area is 129 Å². The van der Waals surface area contributed by atoms with E-state index in [2.05, 4.69) is 26.1 Å². The molecule has 0 radical (unpaired) electrons. The number of sulfone groups is 1. The van der Waals surface area contributed by atoms with Crippen molar-refractivity contribution < 1.29 is 17.3 Å². The molecule has 2 N–H and O–H groups in total. The second kappa shape index (κ2) is 6.20. The summed E-state index contributed by atoms with van der Waals surface area (Å²) in [6, 6.07) is 3.41. The van der Waals surface area contributed by atoms with Gasteiger partial charge in [0, 0.05) is 16.3 Å². The molecule has 0 saturated carbocycles. The number of nitrogens with zero attached hydrogens (tertiary/aromatic N) is 2. The first-order chi connectivity index (χ1) is 9.76. The van der Waals surface area contributed by atoms with Crippen molar-refractivity contribution >= 4 is 25.8 Å².